The van der Waals surface area contributed by atoms with Gasteiger partial charge >= 0.3 is 0 Å². The molecule has 2 aromatic rings. The molecule has 3 fully saturated rings. The van der Waals surface area contributed by atoms with Gasteiger partial charge in [0.1, 0.15) is 6.04 Å². The first kappa shape index (κ1) is 19.2. The summed E-state index contributed by atoms with van der Waals surface area (Å²) in [4.78, 5) is 33.7. The predicted octanol–water partition coefficient (Wildman–Crippen LogP) is 2.38. The van der Waals surface area contributed by atoms with Gasteiger partial charge in [0.05, 0.1) is 29.6 Å². The van der Waals surface area contributed by atoms with Gasteiger partial charge in [-0.15, -0.1) is 11.8 Å². The Balaban J connectivity index is 1.33. The van der Waals surface area contributed by atoms with Crippen LogP contribution in [0.5, 0.6) is 0 Å². The lowest BCUT2D eigenvalue weighted by molar-refractivity contribution is -0.129. The molecular weight excluding hydrogens is 398 g/mol. The summed E-state index contributed by atoms with van der Waals surface area (Å²) >= 11 is 1.55. The molecule has 1 saturated carbocycles. The first-order valence-electron chi connectivity index (χ1n) is 10.4. The van der Waals surface area contributed by atoms with E-state index in [0.29, 0.717) is 23.2 Å². The highest BCUT2D eigenvalue weighted by molar-refractivity contribution is 7.99. The smallest absolute Gasteiger partial charge is 0.252 e. The van der Waals surface area contributed by atoms with E-state index in [2.05, 4.69) is 33.4 Å². The van der Waals surface area contributed by atoms with E-state index in [4.69, 9.17) is 5.26 Å². The van der Waals surface area contributed by atoms with Crippen molar-refractivity contribution in [2.75, 3.05) is 29.6 Å². The van der Waals surface area contributed by atoms with Gasteiger partial charge in [-0.25, -0.2) is 0 Å². The maximum atomic E-state index is 12.9. The van der Waals surface area contributed by atoms with E-state index < -0.39 is 6.04 Å². The maximum absolute atomic E-state index is 12.9. The second-order valence-corrected chi connectivity index (χ2v) is 9.16. The summed E-state index contributed by atoms with van der Waals surface area (Å²) in [6.45, 7) is 0.970. The Labute approximate surface area is 179 Å². The van der Waals surface area contributed by atoms with Crippen LogP contribution in [0.3, 0.4) is 0 Å². The second kappa shape index (κ2) is 7.80. The minimum Gasteiger partial charge on any atom is -0.368 e. The van der Waals surface area contributed by atoms with Crippen molar-refractivity contribution in [3.8, 4) is 6.07 Å². The number of thioether (sulfide) groups is 1. The van der Waals surface area contributed by atoms with Gasteiger partial charge in [-0.05, 0) is 43.0 Å². The molecule has 2 aliphatic heterocycles. The molecule has 7 nitrogen and oxygen atoms in total. The average molecular weight is 422 g/mol. The number of aromatic nitrogens is 1. The van der Waals surface area contributed by atoms with E-state index in [9.17, 15) is 9.59 Å². The third-order valence-corrected chi connectivity index (χ3v) is 7.52. The molecule has 1 aliphatic carbocycles. The van der Waals surface area contributed by atoms with Crippen LogP contribution in [0.25, 0.3) is 10.9 Å². The van der Waals surface area contributed by atoms with E-state index >= 15 is 0 Å². The molecule has 30 heavy (non-hydrogen) atoms. The largest absolute Gasteiger partial charge is 0.368 e. The highest BCUT2D eigenvalue weighted by Crippen LogP contribution is 2.42. The van der Waals surface area contributed by atoms with E-state index in [0.717, 1.165) is 29.1 Å². The SMILES string of the molecule is N#C[C@@H]1CSCN1C(=O)CNC(=O)c1ccnc2ccc(N3C[C@H]4CCC[C@H]43)cc12. The Hall–Kier alpha value is -2.79. The summed E-state index contributed by atoms with van der Waals surface area (Å²) in [6.07, 6.45) is 5.48. The number of benzene rings is 1. The highest BCUT2D eigenvalue weighted by atomic mass is 32.2. The Kier molecular flexibility index (Phi) is 4.99. The van der Waals surface area contributed by atoms with Crippen LogP contribution in [0.1, 0.15) is 29.6 Å². The second-order valence-electron chi connectivity index (χ2n) is 8.16. The molecule has 2 amide bonds. The van der Waals surface area contributed by atoms with Crippen molar-refractivity contribution in [2.45, 2.75) is 31.3 Å². The van der Waals surface area contributed by atoms with Gasteiger partial charge in [-0.1, -0.05) is 6.42 Å². The molecule has 2 saturated heterocycles. The molecule has 0 radical (unpaired) electrons. The fraction of sp³-hybridized carbons (Fsp3) is 0.455. The summed E-state index contributed by atoms with van der Waals surface area (Å²) in [6, 6.07) is 10.2. The molecule has 0 unspecified atom stereocenters. The Bertz CT molecular complexity index is 1050. The molecule has 1 aromatic carbocycles. The summed E-state index contributed by atoms with van der Waals surface area (Å²) in [5.74, 6) is 1.39. The van der Waals surface area contributed by atoms with E-state index in [1.54, 1.807) is 24.0 Å². The van der Waals surface area contributed by atoms with Crippen LogP contribution in [0.15, 0.2) is 30.5 Å². The lowest BCUT2D eigenvalue weighted by Gasteiger charge is -2.46. The Morgan fingerprint density at radius 2 is 2.20 bits per heavy atom. The first-order chi connectivity index (χ1) is 14.7. The van der Waals surface area contributed by atoms with Gasteiger partial charge in [0.15, 0.2) is 0 Å². The first-order valence-corrected chi connectivity index (χ1v) is 11.5. The minimum atomic E-state index is -0.417. The van der Waals surface area contributed by atoms with E-state index in [1.165, 1.54) is 24.2 Å². The summed E-state index contributed by atoms with van der Waals surface area (Å²) in [7, 11) is 0. The van der Waals surface area contributed by atoms with Crippen molar-refractivity contribution >= 4 is 40.2 Å². The molecule has 1 aromatic heterocycles. The topological polar surface area (TPSA) is 89.3 Å². The van der Waals surface area contributed by atoms with Gasteiger partial charge in [0, 0.05) is 35.6 Å². The molecule has 0 bridgehead atoms. The maximum Gasteiger partial charge on any atom is 0.252 e. The molecule has 8 heteroatoms. The number of fused-ring (bicyclic) bond motifs is 2. The van der Waals surface area contributed by atoms with E-state index in [1.807, 2.05) is 6.07 Å². The molecular formula is C22H23N5O2S. The molecule has 5 rings (SSSR count). The van der Waals surface area contributed by atoms with Crippen LogP contribution in [0.4, 0.5) is 5.69 Å². The van der Waals surface area contributed by atoms with Crippen LogP contribution in [0, 0.1) is 17.2 Å². The van der Waals surface area contributed by atoms with Crippen molar-refractivity contribution in [3.05, 3.63) is 36.0 Å². The van der Waals surface area contributed by atoms with Crippen molar-refractivity contribution in [1.29, 1.82) is 5.26 Å². The number of amides is 2. The predicted molar refractivity (Wildman–Crippen MR) is 116 cm³/mol. The van der Waals surface area contributed by atoms with Crippen molar-refractivity contribution < 1.29 is 9.59 Å². The zero-order chi connectivity index (χ0) is 20.7. The van der Waals surface area contributed by atoms with E-state index in [-0.39, 0.29) is 18.4 Å². The lowest BCUT2D eigenvalue weighted by atomic mass is 9.91. The number of hydrogen-bond acceptors (Lipinski definition) is 6. The van der Waals surface area contributed by atoms with Gasteiger partial charge in [0.2, 0.25) is 5.91 Å². The summed E-state index contributed by atoms with van der Waals surface area (Å²) < 4.78 is 0. The van der Waals surface area contributed by atoms with Crippen LogP contribution < -0.4 is 10.2 Å². The highest BCUT2D eigenvalue weighted by Gasteiger charge is 2.42. The third kappa shape index (κ3) is 3.27. The van der Waals surface area contributed by atoms with Gasteiger partial charge in [-0.2, -0.15) is 5.26 Å². The third-order valence-electron chi connectivity index (χ3n) is 6.50. The number of anilines is 1. The standard InChI is InChI=1S/C22H23N5O2S/c23-9-16-12-30-13-27(16)21(28)10-25-22(29)17-6-7-24-19-5-4-15(8-18(17)19)26-11-14-2-1-3-20(14)26/h4-8,14,16,20H,1-3,10-13H2,(H,25,29)/t14-,16-,20-/m1/s1. The van der Waals surface area contributed by atoms with Gasteiger partial charge < -0.3 is 15.1 Å². The zero-order valence-corrected chi connectivity index (χ0v) is 17.4. The number of hydrogen-bond donors (Lipinski definition) is 1. The monoisotopic (exact) mass is 421 g/mol. The number of nitrogens with zero attached hydrogens (tertiary/aromatic N) is 4. The quantitative estimate of drug-likeness (QED) is 0.815. The fourth-order valence-electron chi connectivity index (χ4n) is 4.85. The number of nitrogens with one attached hydrogen (secondary N) is 1. The van der Waals surface area contributed by atoms with Crippen molar-refractivity contribution in [3.63, 3.8) is 0 Å². The number of carbonyl (C=O) groups is 2. The molecule has 0 spiro atoms. The summed E-state index contributed by atoms with van der Waals surface area (Å²) in [5, 5.41) is 12.7. The van der Waals surface area contributed by atoms with Crippen molar-refractivity contribution in [1.82, 2.24) is 15.2 Å². The van der Waals surface area contributed by atoms with Gasteiger partial charge in [0.25, 0.3) is 5.91 Å². The molecule has 3 aliphatic rings. The average Bonchev–Trinajstić information content (AvgIpc) is 3.38. The molecule has 154 valence electrons. The zero-order valence-electron chi connectivity index (χ0n) is 16.6. The minimum absolute atomic E-state index is 0.114. The molecule has 1 N–H and O–H groups in total. The number of pyridine rings is 1. The van der Waals surface area contributed by atoms with Crippen molar-refractivity contribution in [2.24, 2.45) is 5.92 Å². The van der Waals surface area contributed by atoms with Crippen LogP contribution in [-0.2, 0) is 4.79 Å². The lowest BCUT2D eigenvalue weighted by Crippen LogP contribution is -2.53. The number of carbonyl (C=O) groups excluding carboxylic acids is 2. The Morgan fingerprint density at radius 3 is 3.03 bits per heavy atom. The van der Waals surface area contributed by atoms with Crippen LogP contribution in [0.2, 0.25) is 0 Å². The molecule has 3 heterocycles. The number of nitriles is 1. The fourth-order valence-corrected chi connectivity index (χ4v) is 5.95. The Morgan fingerprint density at radius 1 is 1.30 bits per heavy atom. The number of rotatable bonds is 4. The van der Waals surface area contributed by atoms with Crippen LogP contribution in [-0.4, -0.2) is 58.5 Å². The summed E-state index contributed by atoms with van der Waals surface area (Å²) in [5.41, 5.74) is 2.42. The molecule has 3 atom stereocenters. The normalized spacial score (nSPS) is 25.0. The van der Waals surface area contributed by atoms with Crippen LogP contribution >= 0.6 is 11.8 Å². The van der Waals surface area contributed by atoms with Gasteiger partial charge in [-0.3, -0.25) is 14.6 Å².